The Hall–Kier alpha value is -1.89. The Morgan fingerprint density at radius 3 is 2.48 bits per heavy atom. The number of rotatable bonds is 4. The van der Waals surface area contributed by atoms with Gasteiger partial charge in [0, 0.05) is 10.7 Å². The Kier molecular flexibility index (Phi) is 5.09. The highest BCUT2D eigenvalue weighted by Crippen LogP contribution is 2.24. The second kappa shape index (κ2) is 6.70. The minimum absolute atomic E-state index is 0.0337. The number of nitrogens with two attached hydrogens (primary N) is 1. The highest BCUT2D eigenvalue weighted by Gasteiger charge is 2.15. The highest BCUT2D eigenvalue weighted by atomic mass is 35.5. The standard InChI is InChI=1S/C16H17ClN2O3S/c1-10-7-13(23(18,21)22)9-15(11(10)2)19-16(20)8-12-5-3-4-6-14(12)17/h3-7,9H,8H2,1-2H3,(H,19,20)(H2,18,21,22). The molecule has 0 heterocycles. The fraction of sp³-hybridized carbons (Fsp3) is 0.188. The van der Waals surface area contributed by atoms with E-state index in [-0.39, 0.29) is 17.2 Å². The number of aryl methyl sites for hydroxylation is 1. The van der Waals surface area contributed by atoms with Crippen molar-refractivity contribution in [3.63, 3.8) is 0 Å². The smallest absolute Gasteiger partial charge is 0.238 e. The quantitative estimate of drug-likeness (QED) is 0.886. The third-order valence-corrected chi connectivity index (χ3v) is 4.81. The summed E-state index contributed by atoms with van der Waals surface area (Å²) in [4.78, 5) is 12.2. The molecule has 3 N–H and O–H groups in total. The molecule has 0 atom stereocenters. The zero-order valence-electron chi connectivity index (χ0n) is 12.8. The van der Waals surface area contributed by atoms with Crippen molar-refractivity contribution in [1.82, 2.24) is 0 Å². The van der Waals surface area contributed by atoms with Gasteiger partial charge in [0.05, 0.1) is 11.3 Å². The van der Waals surface area contributed by atoms with Gasteiger partial charge in [-0.3, -0.25) is 4.79 Å². The van der Waals surface area contributed by atoms with Crippen LogP contribution in [0.1, 0.15) is 16.7 Å². The van der Waals surface area contributed by atoms with E-state index in [0.29, 0.717) is 16.3 Å². The van der Waals surface area contributed by atoms with Gasteiger partial charge in [-0.1, -0.05) is 29.8 Å². The van der Waals surface area contributed by atoms with Gasteiger partial charge in [0.1, 0.15) is 0 Å². The molecule has 1 amide bonds. The molecular weight excluding hydrogens is 336 g/mol. The normalized spacial score (nSPS) is 11.3. The summed E-state index contributed by atoms with van der Waals surface area (Å²) in [6.07, 6.45) is 0.0950. The Balaban J connectivity index is 2.28. The molecule has 0 aliphatic rings. The molecule has 2 aromatic rings. The number of benzene rings is 2. The van der Waals surface area contributed by atoms with Crippen LogP contribution in [0.2, 0.25) is 5.02 Å². The molecule has 2 aromatic carbocycles. The van der Waals surface area contributed by atoms with Crippen molar-refractivity contribution in [3.05, 3.63) is 58.1 Å². The molecule has 0 radical (unpaired) electrons. The first kappa shape index (κ1) is 17.5. The van der Waals surface area contributed by atoms with Gasteiger partial charge in [-0.15, -0.1) is 0 Å². The second-order valence-electron chi connectivity index (χ2n) is 5.27. The third kappa shape index (κ3) is 4.31. The number of amides is 1. The van der Waals surface area contributed by atoms with Crippen LogP contribution >= 0.6 is 11.6 Å². The van der Waals surface area contributed by atoms with Crippen LogP contribution in [0.3, 0.4) is 0 Å². The summed E-state index contributed by atoms with van der Waals surface area (Å²) in [5.41, 5.74) is 2.63. The average molecular weight is 353 g/mol. The van der Waals surface area contributed by atoms with E-state index in [0.717, 1.165) is 11.1 Å². The van der Waals surface area contributed by atoms with E-state index in [2.05, 4.69) is 5.32 Å². The number of halogens is 1. The first-order chi connectivity index (χ1) is 10.7. The monoisotopic (exact) mass is 352 g/mol. The third-order valence-electron chi connectivity index (χ3n) is 3.55. The Bertz CT molecular complexity index is 864. The zero-order valence-corrected chi connectivity index (χ0v) is 14.3. The summed E-state index contributed by atoms with van der Waals surface area (Å²) in [5.74, 6) is -0.285. The predicted octanol–water partition coefficient (Wildman–Crippen LogP) is 2.79. The van der Waals surface area contributed by atoms with E-state index in [1.807, 2.05) is 0 Å². The zero-order chi connectivity index (χ0) is 17.2. The maximum Gasteiger partial charge on any atom is 0.238 e. The van der Waals surface area contributed by atoms with Gasteiger partial charge in [-0.2, -0.15) is 0 Å². The summed E-state index contributed by atoms with van der Waals surface area (Å²) >= 11 is 6.04. The first-order valence-electron chi connectivity index (χ1n) is 6.86. The number of primary sulfonamides is 1. The van der Waals surface area contributed by atoms with E-state index < -0.39 is 10.0 Å². The van der Waals surface area contributed by atoms with Crippen LogP contribution < -0.4 is 10.5 Å². The van der Waals surface area contributed by atoms with Crippen molar-refractivity contribution in [2.45, 2.75) is 25.2 Å². The molecule has 0 fully saturated rings. The fourth-order valence-electron chi connectivity index (χ4n) is 2.13. The number of sulfonamides is 1. The van der Waals surface area contributed by atoms with Gasteiger partial charge in [0.2, 0.25) is 15.9 Å². The topological polar surface area (TPSA) is 89.3 Å². The lowest BCUT2D eigenvalue weighted by molar-refractivity contribution is -0.115. The van der Waals surface area contributed by atoms with Gasteiger partial charge >= 0.3 is 0 Å². The minimum atomic E-state index is -3.84. The molecule has 0 aromatic heterocycles. The van der Waals surface area contributed by atoms with Crippen LogP contribution in [0.5, 0.6) is 0 Å². The van der Waals surface area contributed by atoms with Gasteiger partial charge in [0.15, 0.2) is 0 Å². The molecule has 0 aliphatic carbocycles. The molecule has 0 saturated heterocycles. The largest absolute Gasteiger partial charge is 0.326 e. The molecule has 0 aliphatic heterocycles. The van der Waals surface area contributed by atoms with Crippen LogP contribution in [0, 0.1) is 13.8 Å². The van der Waals surface area contributed by atoms with Gasteiger partial charge in [-0.25, -0.2) is 13.6 Å². The van der Waals surface area contributed by atoms with Crippen molar-refractivity contribution in [2.24, 2.45) is 5.14 Å². The summed E-state index contributed by atoms with van der Waals surface area (Å²) in [7, 11) is -3.84. The molecule has 122 valence electrons. The lowest BCUT2D eigenvalue weighted by atomic mass is 10.1. The van der Waals surface area contributed by atoms with Crippen molar-refractivity contribution < 1.29 is 13.2 Å². The Morgan fingerprint density at radius 2 is 1.87 bits per heavy atom. The molecule has 5 nitrogen and oxygen atoms in total. The van der Waals surface area contributed by atoms with Gasteiger partial charge in [-0.05, 0) is 48.7 Å². The van der Waals surface area contributed by atoms with Crippen LogP contribution in [0.15, 0.2) is 41.3 Å². The maximum atomic E-state index is 12.2. The number of carbonyl (C=O) groups excluding carboxylic acids is 1. The number of hydrogen-bond acceptors (Lipinski definition) is 3. The molecule has 2 rings (SSSR count). The number of carbonyl (C=O) groups is 1. The maximum absolute atomic E-state index is 12.2. The van der Waals surface area contributed by atoms with Crippen LogP contribution in [0.25, 0.3) is 0 Å². The molecule has 0 saturated carbocycles. The van der Waals surface area contributed by atoms with Gasteiger partial charge in [0.25, 0.3) is 0 Å². The highest BCUT2D eigenvalue weighted by molar-refractivity contribution is 7.89. The SMILES string of the molecule is Cc1cc(S(N)(=O)=O)cc(NC(=O)Cc2ccccc2Cl)c1C. The summed E-state index contributed by atoms with van der Waals surface area (Å²) < 4.78 is 23.0. The number of nitrogens with one attached hydrogen (secondary N) is 1. The van der Waals surface area contributed by atoms with Gasteiger partial charge < -0.3 is 5.32 Å². The van der Waals surface area contributed by atoms with Crippen molar-refractivity contribution in [3.8, 4) is 0 Å². The first-order valence-corrected chi connectivity index (χ1v) is 8.78. The average Bonchev–Trinajstić information content (AvgIpc) is 2.45. The lowest BCUT2D eigenvalue weighted by Crippen LogP contribution is -2.17. The van der Waals surface area contributed by atoms with E-state index in [1.165, 1.54) is 12.1 Å². The summed E-state index contributed by atoms with van der Waals surface area (Å²) in [5, 5.41) is 8.39. The summed E-state index contributed by atoms with van der Waals surface area (Å²) in [6.45, 7) is 3.56. The van der Waals surface area contributed by atoms with Crippen molar-refractivity contribution >= 4 is 33.2 Å². The van der Waals surface area contributed by atoms with E-state index >= 15 is 0 Å². The van der Waals surface area contributed by atoms with Crippen molar-refractivity contribution in [1.29, 1.82) is 0 Å². The van der Waals surface area contributed by atoms with Crippen LogP contribution in [-0.4, -0.2) is 14.3 Å². The van der Waals surface area contributed by atoms with E-state index in [9.17, 15) is 13.2 Å². The predicted molar refractivity (Wildman–Crippen MR) is 91.1 cm³/mol. The summed E-state index contributed by atoms with van der Waals surface area (Å²) in [6, 6.07) is 9.90. The minimum Gasteiger partial charge on any atom is -0.326 e. The lowest BCUT2D eigenvalue weighted by Gasteiger charge is -2.13. The second-order valence-corrected chi connectivity index (χ2v) is 7.24. The van der Waals surface area contributed by atoms with E-state index in [4.69, 9.17) is 16.7 Å². The molecular formula is C16H17ClN2O3S. The molecule has 0 spiro atoms. The van der Waals surface area contributed by atoms with Crippen molar-refractivity contribution in [2.75, 3.05) is 5.32 Å². The molecule has 7 heteroatoms. The fourth-order valence-corrected chi connectivity index (χ4v) is 2.96. The number of hydrogen-bond donors (Lipinski definition) is 2. The molecule has 23 heavy (non-hydrogen) atoms. The van der Waals surface area contributed by atoms with Crippen LogP contribution in [-0.2, 0) is 21.2 Å². The van der Waals surface area contributed by atoms with Crippen LogP contribution in [0.4, 0.5) is 5.69 Å². The molecule has 0 unspecified atom stereocenters. The number of anilines is 1. The Labute approximate surface area is 140 Å². The molecule has 0 bridgehead atoms. The Morgan fingerprint density at radius 1 is 1.22 bits per heavy atom. The van der Waals surface area contributed by atoms with E-state index in [1.54, 1.807) is 38.1 Å².